The van der Waals surface area contributed by atoms with Crippen molar-refractivity contribution >= 4 is 25.3 Å². The van der Waals surface area contributed by atoms with Crippen molar-refractivity contribution in [3.8, 4) is 18.1 Å². The molecule has 0 saturated carbocycles. The van der Waals surface area contributed by atoms with E-state index < -0.39 is 67.8 Å². The van der Waals surface area contributed by atoms with Crippen LogP contribution in [0.4, 0.5) is 0 Å². The van der Waals surface area contributed by atoms with Gasteiger partial charge in [-0.3, -0.25) is 23.7 Å². The summed E-state index contributed by atoms with van der Waals surface area (Å²) in [5.41, 5.74) is -4.09. The maximum atomic E-state index is 13.7. The van der Waals surface area contributed by atoms with Crippen molar-refractivity contribution in [2.75, 3.05) is 6.61 Å². The number of nitrogens with zero attached hydrogens (tertiary/aromatic N) is 1. The first-order chi connectivity index (χ1) is 18.3. The zero-order chi connectivity index (χ0) is 29.0. The van der Waals surface area contributed by atoms with Crippen molar-refractivity contribution in [1.82, 2.24) is 14.6 Å². The number of esters is 1. The Labute approximate surface area is 228 Å². The number of hydrogen-bond donors (Lipinski definition) is 4. The molecule has 4 N–H and O–H groups in total. The summed E-state index contributed by atoms with van der Waals surface area (Å²) < 4.78 is 36.5. The van der Waals surface area contributed by atoms with E-state index in [1.165, 1.54) is 31.2 Å². The summed E-state index contributed by atoms with van der Waals surface area (Å²) in [7, 11) is -4.39. The molecule has 1 aromatic heterocycles. The largest absolute Gasteiger partial charge is 0.462 e. The number of aromatic amines is 1. The number of carbonyl (C=O) groups is 1. The van der Waals surface area contributed by atoms with Crippen LogP contribution in [-0.4, -0.2) is 62.3 Å². The van der Waals surface area contributed by atoms with Gasteiger partial charge < -0.3 is 24.2 Å². The van der Waals surface area contributed by atoms with Crippen molar-refractivity contribution in [3.63, 3.8) is 0 Å². The third kappa shape index (κ3) is 7.17. The molecule has 0 aliphatic carbocycles. The Morgan fingerprint density at radius 2 is 2.00 bits per heavy atom. The van der Waals surface area contributed by atoms with Crippen LogP contribution in [0.25, 0.3) is 0 Å². The Balaban J connectivity index is 1.84. The van der Waals surface area contributed by atoms with Gasteiger partial charge in [0, 0.05) is 17.3 Å². The van der Waals surface area contributed by atoms with Crippen LogP contribution in [0.5, 0.6) is 5.75 Å². The average Bonchev–Trinajstić information content (AvgIpc) is 3.14. The minimum Gasteiger partial charge on any atom is -0.462 e. The first kappa shape index (κ1) is 30.6. The number of aliphatic hydroxyl groups is 2. The zero-order valence-electron chi connectivity index (χ0n) is 21.3. The van der Waals surface area contributed by atoms with E-state index in [4.69, 9.17) is 36.5 Å². The SMILES string of the molecule is C#C[C@@]1(O)[C@H](O)C(COP(=O)(N[C@@H](C)C(=O)O[C@H](C)CC)Oc2ccc(Cl)cc2)O[C@H]1n1ccc(=O)[nH]c1=O. The second kappa shape index (κ2) is 12.5. The summed E-state index contributed by atoms with van der Waals surface area (Å²) in [6.07, 6.45) is 1.76. The maximum Gasteiger partial charge on any atom is 0.459 e. The molecule has 7 atom stereocenters. The molecule has 1 fully saturated rings. The number of halogens is 1. The van der Waals surface area contributed by atoms with Crippen LogP contribution in [0, 0.1) is 12.3 Å². The van der Waals surface area contributed by atoms with E-state index >= 15 is 0 Å². The second-order valence-electron chi connectivity index (χ2n) is 8.80. The van der Waals surface area contributed by atoms with Crippen LogP contribution in [0.1, 0.15) is 33.4 Å². The Hall–Kier alpha value is -2.95. The van der Waals surface area contributed by atoms with Crippen LogP contribution in [-0.2, 0) is 23.4 Å². The molecule has 1 aliphatic rings. The Kier molecular flexibility index (Phi) is 9.79. The van der Waals surface area contributed by atoms with Crippen LogP contribution >= 0.6 is 19.3 Å². The van der Waals surface area contributed by atoms with Crippen molar-refractivity contribution in [3.05, 3.63) is 62.4 Å². The molecule has 2 heterocycles. The number of nitrogens with one attached hydrogen (secondary N) is 2. The number of terminal acetylenes is 1. The summed E-state index contributed by atoms with van der Waals surface area (Å²) in [5, 5.41) is 24.6. The van der Waals surface area contributed by atoms with Gasteiger partial charge in [-0.25, -0.2) is 9.36 Å². The maximum absolute atomic E-state index is 13.7. The van der Waals surface area contributed by atoms with Crippen molar-refractivity contribution in [2.24, 2.45) is 0 Å². The van der Waals surface area contributed by atoms with E-state index in [1.54, 1.807) is 6.92 Å². The monoisotopic (exact) mass is 585 g/mol. The highest BCUT2D eigenvalue weighted by molar-refractivity contribution is 7.52. The predicted octanol–water partition coefficient (Wildman–Crippen LogP) is 1.34. The molecule has 39 heavy (non-hydrogen) atoms. The molecule has 3 rings (SSSR count). The molecule has 1 aromatic carbocycles. The average molecular weight is 586 g/mol. The van der Waals surface area contributed by atoms with Gasteiger partial charge in [0.25, 0.3) is 5.56 Å². The highest BCUT2D eigenvalue weighted by atomic mass is 35.5. The van der Waals surface area contributed by atoms with Gasteiger partial charge in [-0.15, -0.1) is 6.42 Å². The van der Waals surface area contributed by atoms with Gasteiger partial charge in [0.1, 0.15) is 24.0 Å². The smallest absolute Gasteiger partial charge is 0.459 e. The van der Waals surface area contributed by atoms with E-state index in [0.29, 0.717) is 11.4 Å². The zero-order valence-corrected chi connectivity index (χ0v) is 22.9. The highest BCUT2D eigenvalue weighted by Crippen LogP contribution is 2.47. The number of ether oxygens (including phenoxy) is 2. The normalized spacial score (nSPS) is 25.7. The molecule has 0 amide bonds. The number of carbonyl (C=O) groups excluding carboxylic acids is 1. The Morgan fingerprint density at radius 1 is 1.33 bits per heavy atom. The lowest BCUT2D eigenvalue weighted by Crippen LogP contribution is -2.48. The fraction of sp³-hybridized carbons (Fsp3) is 0.458. The number of aliphatic hydroxyl groups excluding tert-OH is 1. The third-order valence-electron chi connectivity index (χ3n) is 5.86. The van der Waals surface area contributed by atoms with Gasteiger partial charge in [0.15, 0.2) is 11.8 Å². The van der Waals surface area contributed by atoms with Crippen molar-refractivity contribution < 1.29 is 38.1 Å². The number of aromatic nitrogens is 2. The fourth-order valence-electron chi connectivity index (χ4n) is 3.52. The van der Waals surface area contributed by atoms with Gasteiger partial charge in [-0.05, 0) is 44.5 Å². The van der Waals surface area contributed by atoms with Gasteiger partial charge >= 0.3 is 19.4 Å². The summed E-state index contributed by atoms with van der Waals surface area (Å²) in [6, 6.07) is 5.63. The molecule has 2 aromatic rings. The molecule has 1 aliphatic heterocycles. The molecule has 212 valence electrons. The third-order valence-corrected chi connectivity index (χ3v) is 7.76. The lowest BCUT2D eigenvalue weighted by Gasteiger charge is -2.26. The topological polar surface area (TPSA) is 178 Å². The second-order valence-corrected chi connectivity index (χ2v) is 10.9. The predicted molar refractivity (Wildman–Crippen MR) is 139 cm³/mol. The van der Waals surface area contributed by atoms with Crippen LogP contribution < -0.4 is 20.9 Å². The molecule has 0 spiro atoms. The molecule has 2 unspecified atom stereocenters. The van der Waals surface area contributed by atoms with E-state index in [0.717, 1.165) is 16.8 Å². The first-order valence-corrected chi connectivity index (χ1v) is 13.8. The van der Waals surface area contributed by atoms with Crippen molar-refractivity contribution in [1.29, 1.82) is 0 Å². The minimum absolute atomic E-state index is 0.0726. The molecule has 1 saturated heterocycles. The molecule has 15 heteroatoms. The standard InChI is InChI=1S/C24H29ClN3O10P/c1-5-14(3)36-21(31)15(4)27-39(34,38-17-9-7-16(25)8-10-17)35-13-18-20(30)24(33,6-2)22(37-18)28-12-11-19(29)26-23(28)32/h2,7-12,14-15,18,20,22,30,33H,5,13H2,1,3-4H3,(H,27,34)(H,26,29,32)/t14-,15+,18?,20-,22-,24-,39?/m1/s1. The van der Waals surface area contributed by atoms with Gasteiger partial charge in [-0.1, -0.05) is 24.4 Å². The van der Waals surface area contributed by atoms with E-state index in [1.807, 2.05) is 17.8 Å². The molecule has 0 bridgehead atoms. The van der Waals surface area contributed by atoms with E-state index in [-0.39, 0.29) is 5.75 Å². The fourth-order valence-corrected chi connectivity index (χ4v) is 5.15. The Morgan fingerprint density at radius 3 is 2.59 bits per heavy atom. The van der Waals surface area contributed by atoms with Crippen LogP contribution in [0.2, 0.25) is 5.02 Å². The summed E-state index contributed by atoms with van der Waals surface area (Å²) in [6.45, 7) is 4.24. The Bertz CT molecular complexity index is 1370. The van der Waals surface area contributed by atoms with Gasteiger partial charge in [-0.2, -0.15) is 5.09 Å². The van der Waals surface area contributed by atoms with E-state index in [9.17, 15) is 29.2 Å². The summed E-state index contributed by atoms with van der Waals surface area (Å²) in [5.74, 6) is 1.36. The lowest BCUT2D eigenvalue weighted by molar-refractivity contribution is -0.150. The van der Waals surface area contributed by atoms with Crippen LogP contribution in [0.15, 0.2) is 46.1 Å². The summed E-state index contributed by atoms with van der Waals surface area (Å²) >= 11 is 5.90. The first-order valence-electron chi connectivity index (χ1n) is 11.8. The minimum atomic E-state index is -4.39. The number of rotatable bonds is 11. The number of benzene rings is 1. The van der Waals surface area contributed by atoms with Gasteiger partial charge in [0.2, 0.25) is 0 Å². The quantitative estimate of drug-likeness (QED) is 0.170. The summed E-state index contributed by atoms with van der Waals surface area (Å²) in [4.78, 5) is 38.2. The molecule has 0 radical (unpaired) electrons. The lowest BCUT2D eigenvalue weighted by atomic mass is 9.95. The van der Waals surface area contributed by atoms with E-state index in [2.05, 4.69) is 5.09 Å². The van der Waals surface area contributed by atoms with Crippen LogP contribution in [0.3, 0.4) is 0 Å². The molecule has 13 nitrogen and oxygen atoms in total. The molecular weight excluding hydrogens is 557 g/mol. The van der Waals surface area contributed by atoms with Gasteiger partial charge in [0.05, 0.1) is 12.7 Å². The number of H-pyrrole nitrogens is 1. The number of hydrogen-bond acceptors (Lipinski definition) is 10. The van der Waals surface area contributed by atoms with Crippen molar-refractivity contribution in [2.45, 2.75) is 63.4 Å². The molecular formula is C24H29ClN3O10P. The highest BCUT2D eigenvalue weighted by Gasteiger charge is 2.56.